The van der Waals surface area contributed by atoms with Gasteiger partial charge in [-0.3, -0.25) is 0 Å². The van der Waals surface area contributed by atoms with Gasteiger partial charge in [-0.15, -0.1) is 24.8 Å². The Morgan fingerprint density at radius 2 is 1.50 bits per heavy atom. The number of halogens is 2. The summed E-state index contributed by atoms with van der Waals surface area (Å²) in [6, 6.07) is 27.6. The molecule has 3 aliphatic carbocycles. The molecule has 3 heteroatoms. The Labute approximate surface area is 230 Å². The first-order valence-corrected chi connectivity index (χ1v) is 21.0. The van der Waals surface area contributed by atoms with Crippen molar-refractivity contribution in [3.05, 3.63) is 111 Å². The van der Waals surface area contributed by atoms with Crippen LogP contribution in [0.1, 0.15) is 55.2 Å². The summed E-state index contributed by atoms with van der Waals surface area (Å²) in [5, 5.41) is 0. The molecule has 1 saturated carbocycles. The van der Waals surface area contributed by atoms with E-state index in [9.17, 15) is 0 Å². The summed E-state index contributed by atoms with van der Waals surface area (Å²) in [6.07, 6.45) is 16.4. The molecule has 0 atom stereocenters. The van der Waals surface area contributed by atoms with Crippen LogP contribution in [-0.2, 0) is 28.8 Å². The fourth-order valence-electron chi connectivity index (χ4n) is 7.58. The van der Waals surface area contributed by atoms with Crippen LogP contribution in [0.15, 0.2) is 94.3 Å². The molecule has 0 heterocycles. The monoisotopic (exact) mass is 594 g/mol. The number of benzene rings is 3. The number of fused-ring (bicyclic) bond motifs is 3. The first kappa shape index (κ1) is 27.5. The van der Waals surface area contributed by atoms with E-state index in [0.717, 1.165) is 18.8 Å². The van der Waals surface area contributed by atoms with Gasteiger partial charge in [-0.2, -0.15) is 0 Å². The molecular formula is C33H38Cl2Zr. The molecule has 0 aliphatic heterocycles. The van der Waals surface area contributed by atoms with E-state index in [2.05, 4.69) is 91.0 Å². The van der Waals surface area contributed by atoms with Crippen molar-refractivity contribution in [1.82, 2.24) is 0 Å². The van der Waals surface area contributed by atoms with Gasteiger partial charge in [0.05, 0.1) is 0 Å². The number of hydrogen-bond donors (Lipinski definition) is 0. The van der Waals surface area contributed by atoms with Crippen LogP contribution >= 0.6 is 24.8 Å². The molecule has 0 saturated heterocycles. The zero-order chi connectivity index (χ0) is 23.0. The van der Waals surface area contributed by atoms with Crippen molar-refractivity contribution in [3.63, 3.8) is 0 Å². The van der Waals surface area contributed by atoms with Crippen LogP contribution in [0.2, 0.25) is 4.13 Å². The maximum atomic E-state index is 5.58. The summed E-state index contributed by atoms with van der Waals surface area (Å²) >= 11 is -3.97. The average molecular weight is 597 g/mol. The van der Waals surface area contributed by atoms with Gasteiger partial charge in [0, 0.05) is 0 Å². The predicted molar refractivity (Wildman–Crippen MR) is 159 cm³/mol. The molecule has 188 valence electrons. The normalized spacial score (nSPS) is 17.0. The fraction of sp³-hybridized carbons (Fsp3) is 0.303. The molecule has 0 nitrogen and oxygen atoms in total. The van der Waals surface area contributed by atoms with Crippen molar-refractivity contribution >= 4 is 32.3 Å². The second-order valence-electron chi connectivity index (χ2n) is 11.3. The van der Waals surface area contributed by atoms with Gasteiger partial charge in [0.15, 0.2) is 0 Å². The summed E-state index contributed by atoms with van der Waals surface area (Å²) < 4.78 is 11.5. The van der Waals surface area contributed by atoms with Gasteiger partial charge in [0.2, 0.25) is 0 Å². The Kier molecular flexibility index (Phi) is 8.46. The third-order valence-corrected chi connectivity index (χ3v) is 25.8. The minimum absolute atomic E-state index is 0. The molecule has 6 rings (SSSR count). The Balaban J connectivity index is 0.00000152. The van der Waals surface area contributed by atoms with Crippen molar-refractivity contribution in [3.8, 4) is 11.1 Å². The summed E-state index contributed by atoms with van der Waals surface area (Å²) in [4.78, 5) is 0. The number of allylic oxidation sites excluding steroid dienone is 4. The van der Waals surface area contributed by atoms with Crippen LogP contribution in [0.3, 0.4) is 0 Å². The summed E-state index contributed by atoms with van der Waals surface area (Å²) in [7, 11) is 0. The Bertz CT molecular complexity index is 1350. The average Bonchev–Trinajstić information content (AvgIpc) is 3.54. The van der Waals surface area contributed by atoms with Crippen molar-refractivity contribution in [2.45, 2.75) is 53.2 Å². The summed E-state index contributed by atoms with van der Waals surface area (Å²) in [6.45, 7) is 0. The van der Waals surface area contributed by atoms with Crippen molar-refractivity contribution in [1.29, 1.82) is 0 Å². The first-order valence-electron chi connectivity index (χ1n) is 13.3. The minimum atomic E-state index is -3.97. The Morgan fingerprint density at radius 1 is 0.778 bits per heavy atom. The van der Waals surface area contributed by atoms with Crippen molar-refractivity contribution in [2.75, 3.05) is 0 Å². The van der Waals surface area contributed by atoms with Gasteiger partial charge < -0.3 is 0 Å². The van der Waals surface area contributed by atoms with Gasteiger partial charge in [-0.25, -0.2) is 0 Å². The summed E-state index contributed by atoms with van der Waals surface area (Å²) in [5.41, 5.74) is 7.49. The SMILES string of the molecule is Cl.Cl.[CH2]=[Zr]([CH2]c1ccccc1)([CH2]C1CCCCC1)([C]1=CC=CC1)[c]1cccc2c1Cc1ccccc1-2. The molecular weight excluding hydrogens is 558 g/mol. The van der Waals surface area contributed by atoms with Crippen LogP contribution < -0.4 is 3.27 Å². The Hall–Kier alpha value is -1.53. The van der Waals surface area contributed by atoms with Crippen LogP contribution in [0.4, 0.5) is 0 Å². The molecule has 1 fully saturated rings. The topological polar surface area (TPSA) is 0 Å². The van der Waals surface area contributed by atoms with Crippen LogP contribution in [0.25, 0.3) is 11.1 Å². The maximum absolute atomic E-state index is 5.58. The van der Waals surface area contributed by atoms with Crippen LogP contribution in [-0.4, -0.2) is 4.21 Å². The zero-order valence-corrected chi connectivity index (χ0v) is 25.2. The van der Waals surface area contributed by atoms with Crippen LogP contribution in [0, 0.1) is 5.92 Å². The van der Waals surface area contributed by atoms with Gasteiger partial charge in [0.1, 0.15) is 0 Å². The fourth-order valence-corrected chi connectivity index (χ4v) is 25.1. The molecule has 3 aromatic rings. The van der Waals surface area contributed by atoms with E-state index >= 15 is 0 Å². The van der Waals surface area contributed by atoms with E-state index in [4.69, 9.17) is 4.21 Å². The van der Waals surface area contributed by atoms with E-state index in [-0.39, 0.29) is 24.8 Å². The summed E-state index contributed by atoms with van der Waals surface area (Å²) in [5.74, 6) is 0.821. The van der Waals surface area contributed by atoms with E-state index in [0.29, 0.717) is 0 Å². The molecule has 3 aromatic carbocycles. The van der Waals surface area contributed by atoms with E-state index in [1.54, 1.807) is 12.1 Å². The van der Waals surface area contributed by atoms with E-state index in [1.165, 1.54) is 62.6 Å². The molecule has 36 heavy (non-hydrogen) atoms. The van der Waals surface area contributed by atoms with Crippen molar-refractivity contribution in [2.24, 2.45) is 5.92 Å². The standard InChI is InChI=1S/C13H9.C7H13.C7H7.C5H5.CH2.2ClH.Zr/c1-3-7-12-10(5-1)9-11-6-2-4-8-13(11)12;2*1-7-5-3-2-4-6-7;1-2-4-5-3-1;;;;/h1-5,7-8H,9H2;7H,1-6H2;2-6H,1H2;1-3H,4H2;1H2;2*1H;. The molecule has 0 N–H and O–H groups in total. The van der Waals surface area contributed by atoms with Crippen molar-refractivity contribution < 1.29 is 18.3 Å². The second-order valence-corrected chi connectivity index (χ2v) is 25.6. The molecule has 0 spiro atoms. The molecule has 0 radical (unpaired) electrons. The van der Waals surface area contributed by atoms with Crippen LogP contribution in [0.5, 0.6) is 0 Å². The third-order valence-electron chi connectivity index (χ3n) is 9.15. The molecule has 3 aliphatic rings. The Morgan fingerprint density at radius 3 is 2.25 bits per heavy atom. The third kappa shape index (κ3) is 4.73. The zero-order valence-electron chi connectivity index (χ0n) is 21.1. The van der Waals surface area contributed by atoms with Gasteiger partial charge in [-0.05, 0) is 0 Å². The molecule has 0 aromatic heterocycles. The number of rotatable bonds is 6. The number of hydrogen-bond acceptors (Lipinski definition) is 0. The first-order chi connectivity index (χ1) is 16.6. The van der Waals surface area contributed by atoms with Gasteiger partial charge >= 0.3 is 207 Å². The van der Waals surface area contributed by atoms with Gasteiger partial charge in [0.25, 0.3) is 0 Å². The molecule has 0 amide bonds. The quantitative estimate of drug-likeness (QED) is 0.209. The molecule has 0 unspecified atom stereocenters. The van der Waals surface area contributed by atoms with E-state index in [1.807, 2.05) is 0 Å². The van der Waals surface area contributed by atoms with E-state index < -0.39 is 18.3 Å². The second kappa shape index (κ2) is 11.1. The molecule has 0 bridgehead atoms. The van der Waals surface area contributed by atoms with Gasteiger partial charge in [-0.1, -0.05) is 0 Å². The predicted octanol–water partition coefficient (Wildman–Crippen LogP) is 8.89.